The van der Waals surface area contributed by atoms with E-state index in [2.05, 4.69) is 84.3 Å². The monoisotopic (exact) mass is 454 g/mol. The van der Waals surface area contributed by atoms with Crippen LogP contribution in [0.25, 0.3) is 6.08 Å². The number of carbonyl (C=O) groups is 1. The van der Waals surface area contributed by atoms with Crippen LogP contribution in [0, 0.1) is 6.92 Å². The Balaban J connectivity index is 1.70. The van der Waals surface area contributed by atoms with E-state index in [9.17, 15) is 4.79 Å². The molecule has 0 spiro atoms. The predicted octanol–water partition coefficient (Wildman–Crippen LogP) is 6.93. The Hall–Kier alpha value is -4.50. The number of allylic oxidation sites excluding steroid dienone is 1. The van der Waals surface area contributed by atoms with Gasteiger partial charge in [0.15, 0.2) is 5.78 Å². The van der Waals surface area contributed by atoms with Crippen LogP contribution in [-0.2, 0) is 5.54 Å². The van der Waals surface area contributed by atoms with Gasteiger partial charge in [-0.15, -0.1) is 0 Å². The minimum atomic E-state index is -0.629. The van der Waals surface area contributed by atoms with Gasteiger partial charge in [0.2, 0.25) is 0 Å². The van der Waals surface area contributed by atoms with Crippen LogP contribution in [0.3, 0.4) is 0 Å². The fraction of sp³-hybridized carbons (Fsp3) is 0.0625. The van der Waals surface area contributed by atoms with Crippen LogP contribution in [0.4, 0.5) is 0 Å². The van der Waals surface area contributed by atoms with Crippen molar-refractivity contribution in [1.82, 2.24) is 9.55 Å². The lowest BCUT2D eigenvalue weighted by Crippen LogP contribution is -2.38. The molecular formula is C32H26N2O. The molecule has 0 fully saturated rings. The van der Waals surface area contributed by atoms with E-state index in [0.29, 0.717) is 5.56 Å². The standard InChI is InChI=1S/C32H26N2O/c1-25-30(22-23-31(35)26-14-6-2-7-15-26)33-24-34(25)32(27-16-8-3-9-17-27,28-18-10-4-11-19-28)29-20-12-5-13-21-29/h2-24H,1H3/b23-22+. The third-order valence-corrected chi connectivity index (χ3v) is 6.43. The normalized spacial score (nSPS) is 11.6. The predicted molar refractivity (Wildman–Crippen MR) is 141 cm³/mol. The lowest BCUT2D eigenvalue weighted by Gasteiger charge is -2.38. The van der Waals surface area contributed by atoms with Crippen molar-refractivity contribution < 1.29 is 4.79 Å². The molecule has 4 aromatic carbocycles. The Morgan fingerprint density at radius 2 is 1.11 bits per heavy atom. The van der Waals surface area contributed by atoms with E-state index in [-0.39, 0.29) is 5.78 Å². The number of carbonyl (C=O) groups excluding carboxylic acids is 1. The first-order valence-electron chi connectivity index (χ1n) is 11.7. The number of hydrogen-bond acceptors (Lipinski definition) is 2. The SMILES string of the molecule is Cc1c(/C=C/C(=O)c2ccccc2)ncn1C(c1ccccc1)(c1ccccc1)c1ccccc1. The molecule has 0 saturated carbocycles. The quantitative estimate of drug-likeness (QED) is 0.152. The van der Waals surface area contributed by atoms with E-state index < -0.39 is 5.54 Å². The number of rotatable bonds is 7. The van der Waals surface area contributed by atoms with Gasteiger partial charge >= 0.3 is 0 Å². The molecule has 0 atom stereocenters. The second-order valence-corrected chi connectivity index (χ2v) is 8.46. The molecule has 0 radical (unpaired) electrons. The molecule has 0 bridgehead atoms. The molecule has 170 valence electrons. The molecule has 0 unspecified atom stereocenters. The number of ketones is 1. The van der Waals surface area contributed by atoms with Gasteiger partial charge in [0.1, 0.15) is 5.54 Å². The van der Waals surface area contributed by atoms with Crippen molar-refractivity contribution >= 4 is 11.9 Å². The molecular weight excluding hydrogens is 428 g/mol. The Morgan fingerprint density at radius 1 is 0.686 bits per heavy atom. The zero-order valence-electron chi connectivity index (χ0n) is 19.6. The van der Waals surface area contributed by atoms with Crippen LogP contribution in [-0.4, -0.2) is 15.3 Å². The van der Waals surface area contributed by atoms with Crippen molar-refractivity contribution in [2.24, 2.45) is 0 Å². The highest BCUT2D eigenvalue weighted by Crippen LogP contribution is 2.41. The van der Waals surface area contributed by atoms with Gasteiger partial charge < -0.3 is 4.57 Å². The van der Waals surface area contributed by atoms with Crippen LogP contribution < -0.4 is 0 Å². The maximum absolute atomic E-state index is 12.7. The van der Waals surface area contributed by atoms with Gasteiger partial charge in [-0.1, -0.05) is 121 Å². The summed E-state index contributed by atoms with van der Waals surface area (Å²) in [6, 6.07) is 40.8. The molecule has 3 nitrogen and oxygen atoms in total. The van der Waals surface area contributed by atoms with Gasteiger partial charge in [-0.25, -0.2) is 4.98 Å². The Labute approximate surface area is 206 Å². The molecule has 1 aromatic heterocycles. The summed E-state index contributed by atoms with van der Waals surface area (Å²) in [5.74, 6) is -0.0417. The van der Waals surface area contributed by atoms with E-state index in [1.165, 1.54) is 0 Å². The van der Waals surface area contributed by atoms with Gasteiger partial charge in [-0.2, -0.15) is 0 Å². The van der Waals surface area contributed by atoms with E-state index in [0.717, 1.165) is 28.1 Å². The Kier molecular flexibility index (Phi) is 6.23. The molecule has 1 heterocycles. The first-order chi connectivity index (χ1) is 17.2. The smallest absolute Gasteiger partial charge is 0.185 e. The molecule has 5 rings (SSSR count). The van der Waals surface area contributed by atoms with Gasteiger partial charge in [0, 0.05) is 11.3 Å². The average molecular weight is 455 g/mol. The number of imidazole rings is 1. The fourth-order valence-electron chi connectivity index (χ4n) is 4.73. The maximum Gasteiger partial charge on any atom is 0.185 e. The number of hydrogen-bond donors (Lipinski definition) is 0. The van der Waals surface area contributed by atoms with Gasteiger partial charge in [-0.3, -0.25) is 4.79 Å². The van der Waals surface area contributed by atoms with Crippen molar-refractivity contribution in [3.8, 4) is 0 Å². The summed E-state index contributed by atoms with van der Waals surface area (Å²) in [6.07, 6.45) is 5.30. The van der Waals surface area contributed by atoms with Crippen LogP contribution in [0.2, 0.25) is 0 Å². The number of nitrogens with zero attached hydrogens (tertiary/aromatic N) is 2. The molecule has 0 aliphatic rings. The minimum absolute atomic E-state index is 0.0417. The van der Waals surface area contributed by atoms with Crippen molar-refractivity contribution in [2.45, 2.75) is 12.5 Å². The molecule has 35 heavy (non-hydrogen) atoms. The van der Waals surface area contributed by atoms with Crippen LogP contribution in [0.15, 0.2) is 134 Å². The van der Waals surface area contributed by atoms with Crippen LogP contribution in [0.5, 0.6) is 0 Å². The first-order valence-corrected chi connectivity index (χ1v) is 11.7. The summed E-state index contributed by atoms with van der Waals surface area (Å²) in [6.45, 7) is 2.06. The molecule has 3 heteroatoms. The summed E-state index contributed by atoms with van der Waals surface area (Å²) in [4.78, 5) is 17.4. The summed E-state index contributed by atoms with van der Waals surface area (Å²) >= 11 is 0. The van der Waals surface area contributed by atoms with Crippen LogP contribution in [0.1, 0.15) is 38.4 Å². The van der Waals surface area contributed by atoms with Crippen LogP contribution >= 0.6 is 0 Å². The minimum Gasteiger partial charge on any atom is -0.316 e. The van der Waals surface area contributed by atoms with E-state index in [1.807, 2.05) is 60.9 Å². The highest BCUT2D eigenvalue weighted by molar-refractivity contribution is 6.06. The van der Waals surface area contributed by atoms with Crippen molar-refractivity contribution in [3.05, 3.63) is 167 Å². The summed E-state index contributed by atoms with van der Waals surface area (Å²) < 4.78 is 2.22. The zero-order valence-corrected chi connectivity index (χ0v) is 19.6. The largest absolute Gasteiger partial charge is 0.316 e. The van der Waals surface area contributed by atoms with E-state index in [1.54, 1.807) is 6.08 Å². The summed E-state index contributed by atoms with van der Waals surface area (Å²) in [7, 11) is 0. The van der Waals surface area contributed by atoms with E-state index >= 15 is 0 Å². The Bertz CT molecular complexity index is 1340. The molecule has 0 amide bonds. The molecule has 0 aliphatic heterocycles. The average Bonchev–Trinajstić information content (AvgIpc) is 3.30. The fourth-order valence-corrected chi connectivity index (χ4v) is 4.73. The second-order valence-electron chi connectivity index (χ2n) is 8.46. The highest BCUT2D eigenvalue weighted by atomic mass is 16.1. The van der Waals surface area contributed by atoms with Crippen molar-refractivity contribution in [1.29, 1.82) is 0 Å². The maximum atomic E-state index is 12.7. The highest BCUT2D eigenvalue weighted by Gasteiger charge is 2.39. The summed E-state index contributed by atoms with van der Waals surface area (Å²) in [5, 5.41) is 0. The molecule has 0 N–H and O–H groups in total. The number of aromatic nitrogens is 2. The third-order valence-electron chi connectivity index (χ3n) is 6.43. The first kappa shape index (κ1) is 22.3. The zero-order chi connectivity index (χ0) is 24.1. The molecule has 0 saturated heterocycles. The van der Waals surface area contributed by atoms with Crippen molar-refractivity contribution in [3.63, 3.8) is 0 Å². The van der Waals surface area contributed by atoms with Gasteiger partial charge in [0.05, 0.1) is 12.0 Å². The lowest BCUT2D eigenvalue weighted by atomic mass is 9.76. The second kappa shape index (κ2) is 9.78. The third kappa shape index (κ3) is 4.13. The summed E-state index contributed by atoms with van der Waals surface area (Å²) in [5.41, 5.74) is 5.17. The topological polar surface area (TPSA) is 34.9 Å². The molecule has 5 aromatic rings. The Morgan fingerprint density at radius 3 is 1.57 bits per heavy atom. The van der Waals surface area contributed by atoms with E-state index in [4.69, 9.17) is 4.98 Å². The number of benzene rings is 4. The van der Waals surface area contributed by atoms with Gasteiger partial charge in [0.25, 0.3) is 0 Å². The molecule has 0 aliphatic carbocycles. The van der Waals surface area contributed by atoms with Crippen molar-refractivity contribution in [2.75, 3.05) is 0 Å². The lowest BCUT2D eigenvalue weighted by molar-refractivity contribution is 0.104. The van der Waals surface area contributed by atoms with Gasteiger partial charge in [-0.05, 0) is 35.8 Å².